The molecule has 0 unspecified atom stereocenters. The van der Waals surface area contributed by atoms with Crippen LogP contribution in [0.5, 0.6) is 0 Å². The maximum atomic E-state index is 5.59. The van der Waals surface area contributed by atoms with E-state index < -0.39 is 0 Å². The Morgan fingerprint density at radius 1 is 0.857 bits per heavy atom. The van der Waals surface area contributed by atoms with Gasteiger partial charge in [0.1, 0.15) is 5.82 Å². The lowest BCUT2D eigenvalue weighted by Crippen LogP contribution is -2.10. The second-order valence-corrected chi connectivity index (χ2v) is 7.38. The molecule has 0 aliphatic carbocycles. The van der Waals surface area contributed by atoms with Gasteiger partial charge in [-0.1, -0.05) is 59.7 Å². The number of hydrogen-bond donors (Lipinski definition) is 1. The van der Waals surface area contributed by atoms with Gasteiger partial charge >= 0.3 is 0 Å². The largest absolute Gasteiger partial charge is 0.379 e. The van der Waals surface area contributed by atoms with Crippen molar-refractivity contribution in [1.29, 1.82) is 0 Å². The van der Waals surface area contributed by atoms with Crippen LogP contribution in [0.1, 0.15) is 31.4 Å². The SMILES string of the molecule is Cc1ccc(-c2ncc(NCCCOC(C)C)nc2-c2ccc(C)cc2)cc1. The summed E-state index contributed by atoms with van der Waals surface area (Å²) < 4.78 is 5.59. The van der Waals surface area contributed by atoms with Gasteiger partial charge in [0, 0.05) is 24.3 Å². The Balaban J connectivity index is 1.85. The van der Waals surface area contributed by atoms with Gasteiger partial charge in [0.2, 0.25) is 0 Å². The molecule has 0 aliphatic rings. The van der Waals surface area contributed by atoms with Crippen molar-refractivity contribution < 1.29 is 4.74 Å². The van der Waals surface area contributed by atoms with Gasteiger partial charge in [-0.2, -0.15) is 0 Å². The molecule has 1 heterocycles. The number of benzene rings is 2. The first kappa shape index (κ1) is 20.0. The smallest absolute Gasteiger partial charge is 0.145 e. The van der Waals surface area contributed by atoms with Crippen molar-refractivity contribution in [3.63, 3.8) is 0 Å². The lowest BCUT2D eigenvalue weighted by molar-refractivity contribution is 0.0787. The Morgan fingerprint density at radius 2 is 1.43 bits per heavy atom. The number of anilines is 1. The van der Waals surface area contributed by atoms with Gasteiger partial charge in [0.15, 0.2) is 0 Å². The highest BCUT2D eigenvalue weighted by Crippen LogP contribution is 2.30. The van der Waals surface area contributed by atoms with Gasteiger partial charge in [0.25, 0.3) is 0 Å². The van der Waals surface area contributed by atoms with Crippen LogP contribution in [0.4, 0.5) is 5.82 Å². The van der Waals surface area contributed by atoms with Gasteiger partial charge in [-0.15, -0.1) is 0 Å². The zero-order chi connectivity index (χ0) is 19.9. The van der Waals surface area contributed by atoms with Crippen LogP contribution < -0.4 is 5.32 Å². The number of ether oxygens (including phenoxy) is 1. The molecule has 0 saturated carbocycles. The molecule has 1 aromatic heterocycles. The van der Waals surface area contributed by atoms with Crippen molar-refractivity contribution in [1.82, 2.24) is 9.97 Å². The van der Waals surface area contributed by atoms with E-state index in [4.69, 9.17) is 14.7 Å². The minimum Gasteiger partial charge on any atom is -0.379 e. The van der Waals surface area contributed by atoms with E-state index in [2.05, 4.69) is 81.5 Å². The van der Waals surface area contributed by atoms with Crippen LogP contribution >= 0.6 is 0 Å². The van der Waals surface area contributed by atoms with Gasteiger partial charge in [0.05, 0.1) is 23.7 Å². The average Bonchev–Trinajstić information content (AvgIpc) is 2.69. The van der Waals surface area contributed by atoms with E-state index >= 15 is 0 Å². The second-order valence-electron chi connectivity index (χ2n) is 7.38. The highest BCUT2D eigenvalue weighted by molar-refractivity contribution is 5.78. The third kappa shape index (κ3) is 5.40. The van der Waals surface area contributed by atoms with E-state index in [1.54, 1.807) is 0 Å². The zero-order valence-corrected chi connectivity index (χ0v) is 17.2. The summed E-state index contributed by atoms with van der Waals surface area (Å²) in [4.78, 5) is 9.64. The van der Waals surface area contributed by atoms with Crippen molar-refractivity contribution in [2.24, 2.45) is 0 Å². The third-order valence-corrected chi connectivity index (χ3v) is 4.50. The summed E-state index contributed by atoms with van der Waals surface area (Å²) in [6, 6.07) is 16.9. The lowest BCUT2D eigenvalue weighted by atomic mass is 10.0. The molecule has 28 heavy (non-hydrogen) atoms. The summed E-state index contributed by atoms with van der Waals surface area (Å²) in [5, 5.41) is 3.37. The quantitative estimate of drug-likeness (QED) is 0.517. The first-order valence-corrected chi connectivity index (χ1v) is 9.89. The molecule has 0 fully saturated rings. The van der Waals surface area contributed by atoms with E-state index in [1.807, 2.05) is 6.20 Å². The van der Waals surface area contributed by atoms with Crippen LogP contribution in [-0.4, -0.2) is 29.2 Å². The van der Waals surface area contributed by atoms with Crippen LogP contribution in [0.25, 0.3) is 22.5 Å². The monoisotopic (exact) mass is 375 g/mol. The second kappa shape index (κ2) is 9.47. The highest BCUT2D eigenvalue weighted by Gasteiger charge is 2.12. The molecule has 0 aliphatic heterocycles. The summed E-state index contributed by atoms with van der Waals surface area (Å²) in [5.41, 5.74) is 6.40. The van der Waals surface area contributed by atoms with E-state index in [0.717, 1.165) is 47.9 Å². The number of rotatable bonds is 8. The molecule has 0 amide bonds. The average molecular weight is 376 g/mol. The Labute approximate surface area is 168 Å². The summed E-state index contributed by atoms with van der Waals surface area (Å²) in [7, 11) is 0. The van der Waals surface area contributed by atoms with E-state index in [-0.39, 0.29) is 6.10 Å². The van der Waals surface area contributed by atoms with Crippen molar-refractivity contribution in [3.8, 4) is 22.5 Å². The molecule has 3 aromatic rings. The fourth-order valence-corrected chi connectivity index (χ4v) is 2.92. The zero-order valence-electron chi connectivity index (χ0n) is 17.2. The first-order chi connectivity index (χ1) is 13.5. The molecule has 0 bridgehead atoms. The van der Waals surface area contributed by atoms with Crippen molar-refractivity contribution in [3.05, 3.63) is 65.9 Å². The molecular formula is C24H29N3O. The van der Waals surface area contributed by atoms with E-state index in [9.17, 15) is 0 Å². The Hall–Kier alpha value is -2.72. The highest BCUT2D eigenvalue weighted by atomic mass is 16.5. The van der Waals surface area contributed by atoms with Crippen LogP contribution in [0.2, 0.25) is 0 Å². The molecule has 0 saturated heterocycles. The predicted octanol–water partition coefficient (Wildman–Crippen LogP) is 5.65. The topological polar surface area (TPSA) is 47.0 Å². The van der Waals surface area contributed by atoms with Crippen LogP contribution in [0, 0.1) is 13.8 Å². The molecule has 0 radical (unpaired) electrons. The third-order valence-electron chi connectivity index (χ3n) is 4.50. The fraction of sp³-hybridized carbons (Fsp3) is 0.333. The molecule has 4 heteroatoms. The maximum Gasteiger partial charge on any atom is 0.145 e. The van der Waals surface area contributed by atoms with Crippen LogP contribution in [0.15, 0.2) is 54.7 Å². The van der Waals surface area contributed by atoms with Gasteiger partial charge < -0.3 is 10.1 Å². The summed E-state index contributed by atoms with van der Waals surface area (Å²) in [6.45, 7) is 9.83. The Bertz CT molecular complexity index is 887. The minimum atomic E-state index is 0.265. The van der Waals surface area contributed by atoms with Crippen molar-refractivity contribution in [2.45, 2.75) is 40.2 Å². The summed E-state index contributed by atoms with van der Waals surface area (Å²) in [5.74, 6) is 0.788. The molecule has 0 spiro atoms. The van der Waals surface area contributed by atoms with E-state index in [0.29, 0.717) is 0 Å². The maximum absolute atomic E-state index is 5.59. The van der Waals surface area contributed by atoms with Crippen molar-refractivity contribution >= 4 is 5.82 Å². The van der Waals surface area contributed by atoms with Crippen LogP contribution in [-0.2, 0) is 4.74 Å². The van der Waals surface area contributed by atoms with Gasteiger partial charge in [-0.3, -0.25) is 4.98 Å². The van der Waals surface area contributed by atoms with Gasteiger partial charge in [-0.25, -0.2) is 4.98 Å². The Morgan fingerprint density at radius 3 is 2.00 bits per heavy atom. The lowest BCUT2D eigenvalue weighted by Gasteiger charge is -2.13. The molecular weight excluding hydrogens is 346 g/mol. The van der Waals surface area contributed by atoms with Crippen molar-refractivity contribution in [2.75, 3.05) is 18.5 Å². The standard InChI is InChI=1S/C24H29N3O/c1-17(2)28-15-5-14-25-22-16-26-23(20-10-6-18(3)7-11-20)24(27-22)21-12-8-19(4)9-13-21/h6-13,16-17H,5,14-15H2,1-4H3,(H,25,27). The normalized spacial score (nSPS) is 11.0. The minimum absolute atomic E-state index is 0.265. The number of aryl methyl sites for hydroxylation is 2. The number of nitrogens with one attached hydrogen (secondary N) is 1. The number of aromatic nitrogens is 2. The molecule has 2 aromatic carbocycles. The Kier molecular flexibility index (Phi) is 6.77. The van der Waals surface area contributed by atoms with Gasteiger partial charge in [-0.05, 0) is 34.1 Å². The number of hydrogen-bond acceptors (Lipinski definition) is 4. The van der Waals surface area contributed by atoms with E-state index in [1.165, 1.54) is 11.1 Å². The van der Waals surface area contributed by atoms with Crippen LogP contribution in [0.3, 0.4) is 0 Å². The molecule has 0 atom stereocenters. The predicted molar refractivity (Wildman–Crippen MR) is 117 cm³/mol. The summed E-state index contributed by atoms with van der Waals surface area (Å²) >= 11 is 0. The first-order valence-electron chi connectivity index (χ1n) is 9.89. The summed E-state index contributed by atoms with van der Waals surface area (Å²) in [6.07, 6.45) is 3.01. The fourth-order valence-electron chi connectivity index (χ4n) is 2.92. The number of nitrogens with zero attached hydrogens (tertiary/aromatic N) is 2. The molecule has 1 N–H and O–H groups in total. The molecule has 146 valence electrons. The molecule has 3 rings (SSSR count). The molecule has 4 nitrogen and oxygen atoms in total.